The maximum absolute atomic E-state index is 13.0. The van der Waals surface area contributed by atoms with Crippen molar-refractivity contribution in [2.45, 2.75) is 6.18 Å². The molecule has 0 atom stereocenters. The van der Waals surface area contributed by atoms with Gasteiger partial charge in [-0.3, -0.25) is 9.59 Å². The van der Waals surface area contributed by atoms with Gasteiger partial charge in [0.25, 0.3) is 5.91 Å². The van der Waals surface area contributed by atoms with Crippen LogP contribution in [0, 0.1) is 0 Å². The van der Waals surface area contributed by atoms with Crippen molar-refractivity contribution in [3.63, 3.8) is 0 Å². The Morgan fingerprint density at radius 1 is 0.889 bits per heavy atom. The van der Waals surface area contributed by atoms with E-state index >= 15 is 0 Å². The van der Waals surface area contributed by atoms with Crippen molar-refractivity contribution in [3.8, 4) is 28.6 Å². The van der Waals surface area contributed by atoms with Gasteiger partial charge in [-0.15, -0.1) is 0 Å². The van der Waals surface area contributed by atoms with Crippen LogP contribution in [0.3, 0.4) is 0 Å². The second-order valence-electron chi connectivity index (χ2n) is 7.60. The van der Waals surface area contributed by atoms with Crippen molar-refractivity contribution in [2.75, 3.05) is 26.6 Å². The molecule has 1 N–H and O–H groups in total. The molecule has 186 valence electrons. The zero-order valence-electron chi connectivity index (χ0n) is 19.4. The SMILES string of the molecule is COc1cc2oc(-c3cccc(NC(=O)c4ccc(C(F)(F)F)cc4)c3)cc(=O)c2c(OC)c1OC. The van der Waals surface area contributed by atoms with Crippen molar-refractivity contribution in [1.29, 1.82) is 0 Å². The molecule has 0 saturated carbocycles. The summed E-state index contributed by atoms with van der Waals surface area (Å²) < 4.78 is 60.3. The quantitative estimate of drug-likeness (QED) is 0.363. The molecule has 3 aromatic carbocycles. The van der Waals surface area contributed by atoms with E-state index in [0.717, 1.165) is 24.3 Å². The minimum Gasteiger partial charge on any atom is -0.493 e. The normalized spacial score (nSPS) is 11.3. The number of hydrogen-bond donors (Lipinski definition) is 1. The van der Waals surface area contributed by atoms with E-state index in [9.17, 15) is 22.8 Å². The molecule has 0 aliphatic heterocycles. The summed E-state index contributed by atoms with van der Waals surface area (Å²) in [5.74, 6) is 0.347. The lowest BCUT2D eigenvalue weighted by atomic mass is 10.1. The first-order valence-corrected chi connectivity index (χ1v) is 10.5. The van der Waals surface area contributed by atoms with E-state index < -0.39 is 17.6 Å². The highest BCUT2D eigenvalue weighted by molar-refractivity contribution is 6.04. The van der Waals surface area contributed by atoms with Gasteiger partial charge in [-0.25, -0.2) is 0 Å². The molecule has 1 amide bonds. The fourth-order valence-electron chi connectivity index (χ4n) is 3.69. The van der Waals surface area contributed by atoms with Gasteiger partial charge in [0.05, 0.1) is 26.9 Å². The van der Waals surface area contributed by atoms with Crippen molar-refractivity contribution in [1.82, 2.24) is 0 Å². The maximum Gasteiger partial charge on any atom is 0.416 e. The van der Waals surface area contributed by atoms with Crippen LogP contribution in [0.1, 0.15) is 15.9 Å². The Morgan fingerprint density at radius 2 is 1.58 bits per heavy atom. The second-order valence-corrected chi connectivity index (χ2v) is 7.60. The van der Waals surface area contributed by atoms with Crippen molar-refractivity contribution in [2.24, 2.45) is 0 Å². The zero-order valence-corrected chi connectivity index (χ0v) is 19.4. The van der Waals surface area contributed by atoms with Crippen LogP contribution in [0.4, 0.5) is 18.9 Å². The number of rotatable bonds is 6. The molecule has 0 fully saturated rings. The predicted octanol–water partition coefficient (Wildman–Crippen LogP) is 5.76. The summed E-state index contributed by atoms with van der Waals surface area (Å²) in [5.41, 5.74) is -0.149. The number of nitrogens with one attached hydrogen (secondary N) is 1. The average Bonchev–Trinajstić information content (AvgIpc) is 2.87. The van der Waals surface area contributed by atoms with Crippen LogP contribution in [0.25, 0.3) is 22.3 Å². The highest BCUT2D eigenvalue weighted by atomic mass is 19.4. The molecule has 1 heterocycles. The molecule has 1 aromatic heterocycles. The van der Waals surface area contributed by atoms with Crippen LogP contribution in [-0.4, -0.2) is 27.2 Å². The highest BCUT2D eigenvalue weighted by Crippen LogP contribution is 2.42. The first-order valence-electron chi connectivity index (χ1n) is 10.5. The van der Waals surface area contributed by atoms with Crippen molar-refractivity contribution in [3.05, 3.63) is 82.0 Å². The largest absolute Gasteiger partial charge is 0.493 e. The molecule has 0 aliphatic rings. The third-order valence-electron chi connectivity index (χ3n) is 5.40. The summed E-state index contributed by atoms with van der Waals surface area (Å²) in [5, 5.41) is 2.81. The van der Waals surface area contributed by atoms with E-state index in [2.05, 4.69) is 5.32 Å². The number of carbonyl (C=O) groups is 1. The molecule has 0 saturated heterocycles. The number of alkyl halides is 3. The summed E-state index contributed by atoms with van der Waals surface area (Å²) in [4.78, 5) is 25.5. The van der Waals surface area contributed by atoms with Crippen molar-refractivity contribution >= 4 is 22.6 Å². The van der Waals surface area contributed by atoms with E-state index in [1.54, 1.807) is 24.3 Å². The number of fused-ring (bicyclic) bond motifs is 1. The summed E-state index contributed by atoms with van der Waals surface area (Å²) in [6.07, 6.45) is -4.49. The van der Waals surface area contributed by atoms with E-state index in [1.165, 1.54) is 33.5 Å². The third-order valence-corrected chi connectivity index (χ3v) is 5.40. The first-order chi connectivity index (χ1) is 17.2. The van der Waals surface area contributed by atoms with Gasteiger partial charge in [0.1, 0.15) is 16.7 Å². The molecule has 4 rings (SSSR count). The fraction of sp³-hybridized carbons (Fsp3) is 0.154. The van der Waals surface area contributed by atoms with E-state index in [0.29, 0.717) is 17.0 Å². The highest BCUT2D eigenvalue weighted by Gasteiger charge is 2.30. The molecule has 7 nitrogen and oxygen atoms in total. The topological polar surface area (TPSA) is 87.0 Å². The number of hydrogen-bond acceptors (Lipinski definition) is 6. The summed E-state index contributed by atoms with van der Waals surface area (Å²) in [6, 6.07) is 13.2. The summed E-state index contributed by atoms with van der Waals surface area (Å²) in [7, 11) is 4.26. The molecular formula is C26H20F3NO6. The third kappa shape index (κ3) is 4.70. The van der Waals surface area contributed by atoms with Crippen LogP contribution in [0.2, 0.25) is 0 Å². The molecule has 0 radical (unpaired) electrons. The standard InChI is InChI=1S/C26H20F3NO6/c1-33-21-13-20-22(24(35-3)23(21)34-2)18(31)12-19(36-20)15-5-4-6-17(11-15)30-25(32)14-7-9-16(10-8-14)26(27,28)29/h4-13H,1-3H3,(H,30,32). The zero-order chi connectivity index (χ0) is 26.0. The first kappa shape index (κ1) is 24.6. The van der Waals surface area contributed by atoms with Crippen LogP contribution in [0.5, 0.6) is 17.2 Å². The number of carbonyl (C=O) groups excluding carboxylic acids is 1. The Morgan fingerprint density at radius 3 is 2.19 bits per heavy atom. The van der Waals surface area contributed by atoms with E-state index in [1.807, 2.05) is 0 Å². The molecule has 0 aliphatic carbocycles. The van der Waals surface area contributed by atoms with Gasteiger partial charge in [0, 0.05) is 28.9 Å². The number of anilines is 1. The van der Waals surface area contributed by atoms with Crippen LogP contribution < -0.4 is 25.0 Å². The smallest absolute Gasteiger partial charge is 0.416 e. The summed E-state index contributed by atoms with van der Waals surface area (Å²) in [6.45, 7) is 0. The minimum absolute atomic E-state index is 0.0544. The lowest BCUT2D eigenvalue weighted by Gasteiger charge is -2.14. The number of amides is 1. The number of halogens is 3. The van der Waals surface area contributed by atoms with Gasteiger partial charge in [0.2, 0.25) is 5.75 Å². The number of ether oxygens (including phenoxy) is 3. The van der Waals surface area contributed by atoms with Gasteiger partial charge < -0.3 is 23.9 Å². The van der Waals surface area contributed by atoms with Gasteiger partial charge in [-0.2, -0.15) is 13.2 Å². The Labute approximate surface area is 203 Å². The lowest BCUT2D eigenvalue weighted by Crippen LogP contribution is -2.13. The minimum atomic E-state index is -4.49. The molecule has 0 bridgehead atoms. The molecule has 0 spiro atoms. The average molecular weight is 499 g/mol. The van der Waals surface area contributed by atoms with Gasteiger partial charge in [-0.05, 0) is 36.4 Å². The number of methoxy groups -OCH3 is 3. The molecule has 0 unspecified atom stereocenters. The second kappa shape index (κ2) is 9.65. The molecule has 10 heteroatoms. The summed E-state index contributed by atoms with van der Waals surface area (Å²) >= 11 is 0. The lowest BCUT2D eigenvalue weighted by molar-refractivity contribution is -0.137. The van der Waals surface area contributed by atoms with Crippen LogP contribution in [-0.2, 0) is 6.18 Å². The van der Waals surface area contributed by atoms with Gasteiger partial charge in [-0.1, -0.05) is 12.1 Å². The molecule has 4 aromatic rings. The van der Waals surface area contributed by atoms with Crippen LogP contribution >= 0.6 is 0 Å². The fourth-order valence-corrected chi connectivity index (χ4v) is 3.69. The molecular weight excluding hydrogens is 479 g/mol. The maximum atomic E-state index is 13.0. The van der Waals surface area contributed by atoms with E-state index in [-0.39, 0.29) is 39.2 Å². The monoisotopic (exact) mass is 499 g/mol. The Balaban J connectivity index is 1.68. The van der Waals surface area contributed by atoms with Gasteiger partial charge in [0.15, 0.2) is 16.9 Å². The van der Waals surface area contributed by atoms with Crippen molar-refractivity contribution < 1.29 is 36.6 Å². The van der Waals surface area contributed by atoms with E-state index in [4.69, 9.17) is 18.6 Å². The van der Waals surface area contributed by atoms with Crippen LogP contribution in [0.15, 0.2) is 69.9 Å². The molecule has 36 heavy (non-hydrogen) atoms. The van der Waals surface area contributed by atoms with Gasteiger partial charge >= 0.3 is 6.18 Å². The predicted molar refractivity (Wildman–Crippen MR) is 127 cm³/mol. The Bertz CT molecular complexity index is 1490. The number of benzene rings is 3. The Kier molecular flexibility index (Phi) is 6.61. The Hall–Kier alpha value is -4.47.